The smallest absolute Gasteiger partial charge is 0.191 e. The van der Waals surface area contributed by atoms with E-state index in [9.17, 15) is 0 Å². The third-order valence-electron chi connectivity index (χ3n) is 5.45. The van der Waals surface area contributed by atoms with Gasteiger partial charge in [0.25, 0.3) is 0 Å². The van der Waals surface area contributed by atoms with Crippen molar-refractivity contribution >= 4 is 17.3 Å². The van der Waals surface area contributed by atoms with Crippen molar-refractivity contribution in [3.63, 3.8) is 0 Å². The van der Waals surface area contributed by atoms with Crippen LogP contribution in [-0.2, 0) is 4.74 Å². The van der Waals surface area contributed by atoms with Crippen LogP contribution in [0, 0.1) is 5.92 Å². The van der Waals surface area contributed by atoms with Crippen molar-refractivity contribution in [2.75, 3.05) is 39.8 Å². The minimum atomic E-state index is 0.431. The highest BCUT2D eigenvalue weighted by Crippen LogP contribution is 2.37. The quantitative estimate of drug-likeness (QED) is 0.565. The molecule has 26 heavy (non-hydrogen) atoms. The maximum absolute atomic E-state index is 5.71. The SMILES string of the molecule is CCNC(=NCC1CCCN(C)C1c1cccs1)NCCC1CCCO1. The Labute approximate surface area is 162 Å². The second-order valence-corrected chi connectivity index (χ2v) is 8.39. The largest absolute Gasteiger partial charge is 0.378 e. The van der Waals surface area contributed by atoms with Crippen LogP contribution in [0.4, 0.5) is 0 Å². The van der Waals surface area contributed by atoms with Crippen LogP contribution >= 0.6 is 11.3 Å². The first-order chi connectivity index (χ1) is 12.8. The van der Waals surface area contributed by atoms with Gasteiger partial charge in [-0.15, -0.1) is 11.3 Å². The van der Waals surface area contributed by atoms with Crippen molar-refractivity contribution in [2.45, 2.75) is 51.2 Å². The van der Waals surface area contributed by atoms with E-state index in [1.165, 1.54) is 37.1 Å². The lowest BCUT2D eigenvalue weighted by molar-refractivity contribution is 0.105. The molecule has 0 radical (unpaired) electrons. The van der Waals surface area contributed by atoms with Gasteiger partial charge in [-0.3, -0.25) is 9.89 Å². The van der Waals surface area contributed by atoms with Gasteiger partial charge in [-0.05, 0) is 70.0 Å². The Balaban J connectivity index is 1.55. The summed E-state index contributed by atoms with van der Waals surface area (Å²) in [5.41, 5.74) is 0. The molecule has 2 N–H and O–H groups in total. The summed E-state index contributed by atoms with van der Waals surface area (Å²) in [5, 5.41) is 9.08. The van der Waals surface area contributed by atoms with Crippen LogP contribution in [0.2, 0.25) is 0 Å². The average molecular weight is 379 g/mol. The van der Waals surface area contributed by atoms with Gasteiger partial charge in [-0.1, -0.05) is 6.07 Å². The van der Waals surface area contributed by atoms with Crippen molar-refractivity contribution in [1.82, 2.24) is 15.5 Å². The summed E-state index contributed by atoms with van der Waals surface area (Å²) in [6, 6.07) is 4.94. The Bertz CT molecular complexity index is 542. The first-order valence-electron chi connectivity index (χ1n) is 10.2. The highest BCUT2D eigenvalue weighted by atomic mass is 32.1. The Hall–Kier alpha value is -1.11. The van der Waals surface area contributed by atoms with Gasteiger partial charge in [-0.2, -0.15) is 0 Å². The lowest BCUT2D eigenvalue weighted by atomic mass is 9.88. The molecular weight excluding hydrogens is 344 g/mol. The third-order valence-corrected chi connectivity index (χ3v) is 6.40. The molecule has 0 aromatic carbocycles. The van der Waals surface area contributed by atoms with Crippen LogP contribution in [0.25, 0.3) is 0 Å². The molecule has 3 rings (SSSR count). The van der Waals surface area contributed by atoms with Crippen molar-refractivity contribution < 1.29 is 4.74 Å². The highest BCUT2D eigenvalue weighted by molar-refractivity contribution is 7.10. The normalized spacial score (nSPS) is 27.6. The van der Waals surface area contributed by atoms with Crippen LogP contribution in [0.5, 0.6) is 0 Å². The monoisotopic (exact) mass is 378 g/mol. The Morgan fingerprint density at radius 2 is 2.27 bits per heavy atom. The van der Waals surface area contributed by atoms with Crippen molar-refractivity contribution in [1.29, 1.82) is 0 Å². The van der Waals surface area contributed by atoms with Crippen LogP contribution in [0.3, 0.4) is 0 Å². The molecule has 0 aliphatic carbocycles. The van der Waals surface area contributed by atoms with E-state index < -0.39 is 0 Å². The molecule has 2 aliphatic heterocycles. The molecule has 0 spiro atoms. The second kappa shape index (κ2) is 10.3. The lowest BCUT2D eigenvalue weighted by Gasteiger charge is -2.38. The van der Waals surface area contributed by atoms with E-state index in [1.54, 1.807) is 0 Å². The maximum Gasteiger partial charge on any atom is 0.191 e. The first-order valence-corrected chi connectivity index (χ1v) is 11.0. The molecule has 3 atom stereocenters. The van der Waals surface area contributed by atoms with E-state index >= 15 is 0 Å². The highest BCUT2D eigenvalue weighted by Gasteiger charge is 2.31. The number of ether oxygens (including phenoxy) is 1. The molecule has 3 heterocycles. The van der Waals surface area contributed by atoms with E-state index in [0.29, 0.717) is 18.1 Å². The summed E-state index contributed by atoms with van der Waals surface area (Å²) in [5.74, 6) is 1.53. The third kappa shape index (κ3) is 5.44. The van der Waals surface area contributed by atoms with Crippen LogP contribution in [0.1, 0.15) is 49.9 Å². The summed E-state index contributed by atoms with van der Waals surface area (Å²) in [7, 11) is 2.26. The topological polar surface area (TPSA) is 48.9 Å². The Morgan fingerprint density at radius 3 is 3.00 bits per heavy atom. The zero-order valence-electron chi connectivity index (χ0n) is 16.2. The van der Waals surface area contributed by atoms with Crippen LogP contribution < -0.4 is 10.6 Å². The summed E-state index contributed by atoms with van der Waals surface area (Å²) >= 11 is 1.87. The summed E-state index contributed by atoms with van der Waals surface area (Å²) in [6.07, 6.45) is 6.42. The number of guanidine groups is 1. The van der Waals surface area contributed by atoms with Gasteiger partial charge >= 0.3 is 0 Å². The number of piperidine rings is 1. The zero-order chi connectivity index (χ0) is 18.2. The molecule has 1 aromatic heterocycles. The van der Waals surface area contributed by atoms with E-state index in [2.05, 4.69) is 47.0 Å². The van der Waals surface area contributed by atoms with E-state index in [0.717, 1.165) is 38.6 Å². The van der Waals surface area contributed by atoms with Gasteiger partial charge < -0.3 is 15.4 Å². The molecule has 2 saturated heterocycles. The molecule has 6 heteroatoms. The fourth-order valence-corrected chi connectivity index (χ4v) is 5.12. The predicted octanol–water partition coefficient (Wildman–Crippen LogP) is 3.26. The number of hydrogen-bond donors (Lipinski definition) is 2. The molecule has 0 saturated carbocycles. The number of rotatable bonds is 7. The molecule has 0 bridgehead atoms. The van der Waals surface area contributed by atoms with Gasteiger partial charge in [0.2, 0.25) is 0 Å². The number of hydrogen-bond acceptors (Lipinski definition) is 4. The number of nitrogens with one attached hydrogen (secondary N) is 2. The van der Waals surface area contributed by atoms with Gasteiger partial charge in [-0.25, -0.2) is 0 Å². The Kier molecular flexibility index (Phi) is 7.77. The zero-order valence-corrected chi connectivity index (χ0v) is 17.1. The van der Waals surface area contributed by atoms with Gasteiger partial charge in [0.05, 0.1) is 6.10 Å². The van der Waals surface area contributed by atoms with Gasteiger partial charge in [0, 0.05) is 37.2 Å². The first kappa shape index (κ1) is 19.6. The Morgan fingerprint density at radius 1 is 1.35 bits per heavy atom. The molecule has 2 fully saturated rings. The average Bonchev–Trinajstić information content (AvgIpc) is 3.33. The lowest BCUT2D eigenvalue weighted by Crippen LogP contribution is -2.40. The molecule has 146 valence electrons. The number of likely N-dealkylation sites (tertiary alicyclic amines) is 1. The maximum atomic E-state index is 5.71. The second-order valence-electron chi connectivity index (χ2n) is 7.41. The molecule has 3 unspecified atom stereocenters. The number of aliphatic imine (C=N–C) groups is 1. The fraction of sp³-hybridized carbons (Fsp3) is 0.750. The molecule has 5 nitrogen and oxygen atoms in total. The molecule has 0 amide bonds. The van der Waals surface area contributed by atoms with E-state index in [4.69, 9.17) is 9.73 Å². The van der Waals surface area contributed by atoms with E-state index in [1.807, 2.05) is 11.3 Å². The van der Waals surface area contributed by atoms with E-state index in [-0.39, 0.29) is 0 Å². The summed E-state index contributed by atoms with van der Waals surface area (Å²) in [4.78, 5) is 8.91. The fourth-order valence-electron chi connectivity index (χ4n) is 4.13. The summed E-state index contributed by atoms with van der Waals surface area (Å²) in [6.45, 7) is 6.93. The predicted molar refractivity (Wildman–Crippen MR) is 110 cm³/mol. The number of thiophene rings is 1. The summed E-state index contributed by atoms with van der Waals surface area (Å²) < 4.78 is 5.71. The molecular formula is C20H34N4OS. The van der Waals surface area contributed by atoms with Gasteiger partial charge in [0.1, 0.15) is 0 Å². The van der Waals surface area contributed by atoms with Gasteiger partial charge in [0.15, 0.2) is 5.96 Å². The molecule has 1 aromatic rings. The van der Waals surface area contributed by atoms with Crippen molar-refractivity contribution in [2.24, 2.45) is 10.9 Å². The molecule has 2 aliphatic rings. The van der Waals surface area contributed by atoms with Crippen LogP contribution in [0.15, 0.2) is 22.5 Å². The number of nitrogens with zero attached hydrogens (tertiary/aromatic N) is 2. The van der Waals surface area contributed by atoms with Crippen molar-refractivity contribution in [3.05, 3.63) is 22.4 Å². The minimum absolute atomic E-state index is 0.431. The van der Waals surface area contributed by atoms with Crippen molar-refractivity contribution in [3.8, 4) is 0 Å². The minimum Gasteiger partial charge on any atom is -0.378 e. The van der Waals surface area contributed by atoms with Crippen LogP contribution in [-0.4, -0.2) is 56.8 Å². The standard InChI is InChI=1S/C20H34N4OS/c1-3-21-20(22-11-10-17-8-5-13-25-17)23-15-16-7-4-12-24(2)19(16)18-9-6-14-26-18/h6,9,14,16-17,19H,3-5,7-8,10-13,15H2,1-2H3,(H2,21,22,23).